The van der Waals surface area contributed by atoms with Crippen molar-refractivity contribution < 1.29 is 18.9 Å². The van der Waals surface area contributed by atoms with Crippen LogP contribution in [-0.4, -0.2) is 60.8 Å². The first kappa shape index (κ1) is 32.2. The second-order valence-corrected chi connectivity index (χ2v) is 14.6. The number of aromatic nitrogens is 1. The maximum absolute atomic E-state index is 13.7. The topological polar surface area (TPSA) is 103 Å². The number of carbonyl (C=O) groups excluding carboxylic acids is 2. The van der Waals surface area contributed by atoms with Gasteiger partial charge in [0.25, 0.3) is 11.8 Å². The fourth-order valence-electron chi connectivity index (χ4n) is 5.61. The Kier molecular flexibility index (Phi) is 9.62. The van der Waals surface area contributed by atoms with Crippen LogP contribution in [0.3, 0.4) is 0 Å². The Morgan fingerprint density at radius 2 is 1.62 bits per heavy atom. The van der Waals surface area contributed by atoms with Crippen LogP contribution in [-0.2, 0) is 24.1 Å². The summed E-state index contributed by atoms with van der Waals surface area (Å²) in [6, 6.07) is 26.5. The minimum Gasteiger partial charge on any atom is -0.396 e. The van der Waals surface area contributed by atoms with Crippen molar-refractivity contribution in [3.8, 4) is 22.4 Å². The quantitative estimate of drug-likeness (QED) is 0.247. The van der Waals surface area contributed by atoms with Crippen molar-refractivity contribution in [3.63, 3.8) is 0 Å². The second kappa shape index (κ2) is 13.4. The molecule has 234 valence electrons. The highest BCUT2D eigenvalue weighted by molar-refractivity contribution is 7.84. The van der Waals surface area contributed by atoms with Crippen LogP contribution in [0, 0.1) is 0 Å². The Labute approximate surface area is 267 Å². The van der Waals surface area contributed by atoms with Crippen LogP contribution >= 0.6 is 0 Å². The molecule has 0 saturated heterocycles. The van der Waals surface area contributed by atoms with Gasteiger partial charge in [0.15, 0.2) is 0 Å². The first-order chi connectivity index (χ1) is 21.5. The third kappa shape index (κ3) is 7.06. The molecule has 2 N–H and O–H groups in total. The van der Waals surface area contributed by atoms with Crippen LogP contribution < -0.4 is 5.32 Å². The number of carbonyl (C=O) groups is 2. The standard InChI is InChI=1S/C36H40N4O4S/c1-36(2,3)45(44)40-23-29-21-30(34(42)37-22-24-11-7-6-8-12-24)38-33(32(29)31(40)17-18-41)27-15-9-13-25(19-27)26-14-10-16-28(20-26)35(43)39(4)5/h6-16,19-21,31,41H,17-18,22-23H2,1-5H3,(H,37,42)/t31-,45-/m0/s1. The van der Waals surface area contributed by atoms with E-state index in [1.165, 1.54) is 0 Å². The fraction of sp³-hybridized carbons (Fsp3) is 0.306. The van der Waals surface area contributed by atoms with Gasteiger partial charge < -0.3 is 15.3 Å². The Morgan fingerprint density at radius 1 is 0.956 bits per heavy atom. The molecule has 0 fully saturated rings. The van der Waals surface area contributed by atoms with E-state index in [0.717, 1.165) is 33.4 Å². The lowest BCUT2D eigenvalue weighted by Crippen LogP contribution is -2.36. The van der Waals surface area contributed by atoms with Gasteiger partial charge in [-0.2, -0.15) is 0 Å². The number of hydrogen-bond donors (Lipinski definition) is 2. The average Bonchev–Trinajstić information content (AvgIpc) is 3.40. The molecule has 0 saturated carbocycles. The monoisotopic (exact) mass is 624 g/mol. The van der Waals surface area contributed by atoms with Gasteiger partial charge in [0, 0.05) is 50.5 Å². The van der Waals surface area contributed by atoms with Crippen LogP contribution in [0.15, 0.2) is 84.9 Å². The molecule has 2 amide bonds. The van der Waals surface area contributed by atoms with E-state index < -0.39 is 15.7 Å². The van der Waals surface area contributed by atoms with Gasteiger partial charge in [-0.1, -0.05) is 60.7 Å². The summed E-state index contributed by atoms with van der Waals surface area (Å²) in [6.07, 6.45) is 0.372. The lowest BCUT2D eigenvalue weighted by atomic mass is 9.93. The number of fused-ring (bicyclic) bond motifs is 1. The molecule has 0 aliphatic carbocycles. The first-order valence-corrected chi connectivity index (χ1v) is 16.2. The summed E-state index contributed by atoms with van der Waals surface area (Å²) in [5.74, 6) is -0.386. The zero-order chi connectivity index (χ0) is 32.3. The van der Waals surface area contributed by atoms with E-state index in [-0.39, 0.29) is 30.2 Å². The van der Waals surface area contributed by atoms with E-state index in [2.05, 4.69) is 5.32 Å². The highest BCUT2D eigenvalue weighted by Crippen LogP contribution is 2.44. The van der Waals surface area contributed by atoms with E-state index in [0.29, 0.717) is 30.8 Å². The molecule has 5 rings (SSSR count). The average molecular weight is 625 g/mol. The number of benzene rings is 3. The molecule has 1 aliphatic heterocycles. The van der Waals surface area contributed by atoms with Crippen LogP contribution in [0.2, 0.25) is 0 Å². The molecule has 1 aromatic heterocycles. The van der Waals surface area contributed by atoms with Gasteiger partial charge >= 0.3 is 0 Å². The number of nitrogens with one attached hydrogen (secondary N) is 1. The van der Waals surface area contributed by atoms with Crippen molar-refractivity contribution in [2.24, 2.45) is 0 Å². The molecule has 0 radical (unpaired) electrons. The van der Waals surface area contributed by atoms with Crippen LogP contribution in [0.25, 0.3) is 22.4 Å². The third-order valence-electron chi connectivity index (χ3n) is 7.80. The highest BCUT2D eigenvalue weighted by atomic mass is 32.2. The van der Waals surface area contributed by atoms with Crippen molar-refractivity contribution in [3.05, 3.63) is 113 Å². The molecule has 9 heteroatoms. The lowest BCUT2D eigenvalue weighted by molar-refractivity contribution is 0.0827. The summed E-state index contributed by atoms with van der Waals surface area (Å²) in [5, 5.41) is 13.1. The maximum Gasteiger partial charge on any atom is 0.270 e. The van der Waals surface area contributed by atoms with Crippen LogP contribution in [0.5, 0.6) is 0 Å². The molecule has 0 spiro atoms. The highest BCUT2D eigenvalue weighted by Gasteiger charge is 2.40. The molecule has 0 bridgehead atoms. The number of aliphatic hydroxyl groups is 1. The van der Waals surface area contributed by atoms with Gasteiger partial charge in [-0.3, -0.25) is 9.59 Å². The maximum atomic E-state index is 13.7. The molecule has 3 aromatic carbocycles. The molecule has 1 aliphatic rings. The number of nitrogens with zero attached hydrogens (tertiary/aromatic N) is 3. The van der Waals surface area contributed by atoms with Crippen molar-refractivity contribution in [2.75, 3.05) is 20.7 Å². The summed E-state index contributed by atoms with van der Waals surface area (Å²) in [7, 11) is 2.08. The smallest absolute Gasteiger partial charge is 0.270 e. The van der Waals surface area contributed by atoms with Gasteiger partial charge in [0.1, 0.15) is 16.7 Å². The van der Waals surface area contributed by atoms with Crippen LogP contribution in [0.1, 0.15) is 70.8 Å². The first-order valence-electron chi connectivity index (χ1n) is 15.1. The van der Waals surface area contributed by atoms with E-state index in [1.807, 2.05) is 97.9 Å². The van der Waals surface area contributed by atoms with Gasteiger partial charge in [-0.05, 0) is 73.7 Å². The Balaban J connectivity index is 1.61. The van der Waals surface area contributed by atoms with E-state index in [4.69, 9.17) is 4.98 Å². The molecule has 2 heterocycles. The minimum atomic E-state index is -1.37. The molecule has 45 heavy (non-hydrogen) atoms. The van der Waals surface area contributed by atoms with Crippen molar-refractivity contribution in [2.45, 2.75) is 51.1 Å². The van der Waals surface area contributed by atoms with Crippen molar-refractivity contribution >= 4 is 22.8 Å². The number of rotatable bonds is 9. The summed E-state index contributed by atoms with van der Waals surface area (Å²) in [5.41, 5.74) is 6.74. The Hall–Kier alpha value is -4.18. The number of pyridine rings is 1. The zero-order valence-electron chi connectivity index (χ0n) is 26.4. The van der Waals surface area contributed by atoms with Gasteiger partial charge in [-0.15, -0.1) is 0 Å². The van der Waals surface area contributed by atoms with Crippen molar-refractivity contribution in [1.82, 2.24) is 19.5 Å². The van der Waals surface area contributed by atoms with Crippen molar-refractivity contribution in [1.29, 1.82) is 0 Å². The molecule has 4 aromatic rings. The summed E-state index contributed by atoms with van der Waals surface area (Å²) in [4.78, 5) is 32.7. The Bertz CT molecular complexity index is 1730. The minimum absolute atomic E-state index is 0.0829. The van der Waals surface area contributed by atoms with E-state index >= 15 is 0 Å². The normalized spacial score (nSPS) is 15.4. The van der Waals surface area contributed by atoms with Crippen LogP contribution in [0.4, 0.5) is 0 Å². The van der Waals surface area contributed by atoms with Gasteiger partial charge in [-0.25, -0.2) is 13.5 Å². The SMILES string of the molecule is CN(C)C(=O)c1cccc(-c2cccc(-c3nc(C(=O)NCc4ccccc4)cc4c3[C@H](CCO)N([S@@](=O)C(C)(C)C)C4)c2)c1. The molecule has 0 unspecified atom stereocenters. The number of amides is 2. The predicted octanol–water partition coefficient (Wildman–Crippen LogP) is 5.75. The summed E-state index contributed by atoms with van der Waals surface area (Å²) in [6.45, 7) is 6.44. The zero-order valence-corrected chi connectivity index (χ0v) is 27.2. The second-order valence-electron chi connectivity index (χ2n) is 12.4. The molecular weight excluding hydrogens is 584 g/mol. The lowest BCUT2D eigenvalue weighted by Gasteiger charge is -2.30. The predicted molar refractivity (Wildman–Crippen MR) is 179 cm³/mol. The van der Waals surface area contributed by atoms with E-state index in [1.54, 1.807) is 31.1 Å². The van der Waals surface area contributed by atoms with Gasteiger partial charge in [0.2, 0.25) is 0 Å². The Morgan fingerprint density at radius 3 is 2.29 bits per heavy atom. The van der Waals surface area contributed by atoms with Gasteiger partial charge in [0.05, 0.1) is 16.5 Å². The third-order valence-corrected chi connectivity index (χ3v) is 9.66. The fourth-order valence-corrected chi connectivity index (χ4v) is 7.01. The molecule has 8 nitrogen and oxygen atoms in total. The summed E-state index contributed by atoms with van der Waals surface area (Å²) >= 11 is 0. The number of aliphatic hydroxyl groups excluding tert-OH is 1. The molecular formula is C36H40N4O4S. The summed E-state index contributed by atoms with van der Waals surface area (Å²) < 4.78 is 15.1. The largest absolute Gasteiger partial charge is 0.396 e. The molecule has 2 atom stereocenters. The van der Waals surface area contributed by atoms with E-state index in [9.17, 15) is 18.9 Å². The number of hydrogen-bond acceptors (Lipinski definition) is 5.